The highest BCUT2D eigenvalue weighted by Gasteiger charge is 2.19. The third kappa shape index (κ3) is 2.59. The number of nitrogens with two attached hydrogens (primary N) is 1. The molecule has 5 rings (SSSR count). The SMILES string of the molecule is Nc1nc(-c2nccc3ccccc23)nn1C(=O)c1ccc2ccccc2c1. The maximum atomic E-state index is 13.0. The first-order valence-electron chi connectivity index (χ1n) is 8.81. The predicted octanol–water partition coefficient (Wildman–Crippen LogP) is 3.92. The standard InChI is InChI=1S/C22H15N5O/c23-22-25-20(19-18-8-4-3-6-15(18)11-12-24-19)26-27(22)21(28)17-10-9-14-5-1-2-7-16(14)13-17/h1-13H,(H2,23,25,26). The molecule has 2 N–H and O–H groups in total. The fourth-order valence-corrected chi connectivity index (χ4v) is 3.32. The Kier molecular flexibility index (Phi) is 3.62. The van der Waals surface area contributed by atoms with Crippen molar-refractivity contribution in [3.8, 4) is 11.5 Å². The molecule has 0 unspecified atom stereocenters. The quantitative estimate of drug-likeness (QED) is 0.512. The number of benzene rings is 3. The Morgan fingerprint density at radius 2 is 1.61 bits per heavy atom. The molecule has 134 valence electrons. The Balaban J connectivity index is 1.59. The van der Waals surface area contributed by atoms with Crippen LogP contribution in [0.3, 0.4) is 0 Å². The Morgan fingerprint density at radius 3 is 2.46 bits per heavy atom. The number of carbonyl (C=O) groups excluding carboxylic acids is 1. The largest absolute Gasteiger partial charge is 0.368 e. The van der Waals surface area contributed by atoms with Gasteiger partial charge in [-0.05, 0) is 34.4 Å². The van der Waals surface area contributed by atoms with Crippen molar-refractivity contribution in [3.05, 3.63) is 84.6 Å². The third-order valence-corrected chi connectivity index (χ3v) is 4.71. The van der Waals surface area contributed by atoms with E-state index >= 15 is 0 Å². The zero-order chi connectivity index (χ0) is 19.1. The van der Waals surface area contributed by atoms with Crippen LogP contribution in [0.25, 0.3) is 33.1 Å². The van der Waals surface area contributed by atoms with Crippen molar-refractivity contribution in [2.45, 2.75) is 0 Å². The summed E-state index contributed by atoms with van der Waals surface area (Å²) in [4.78, 5) is 21.7. The molecule has 0 radical (unpaired) electrons. The molecule has 0 bridgehead atoms. The number of fused-ring (bicyclic) bond motifs is 2. The summed E-state index contributed by atoms with van der Waals surface area (Å²) in [6, 6.07) is 23.1. The summed E-state index contributed by atoms with van der Waals surface area (Å²) in [5, 5.41) is 8.31. The Morgan fingerprint density at radius 1 is 0.857 bits per heavy atom. The lowest BCUT2D eigenvalue weighted by Gasteiger charge is -2.04. The number of aromatic nitrogens is 4. The number of hydrogen-bond acceptors (Lipinski definition) is 5. The van der Waals surface area contributed by atoms with Gasteiger partial charge in [-0.2, -0.15) is 9.67 Å². The normalized spacial score (nSPS) is 11.1. The van der Waals surface area contributed by atoms with Gasteiger partial charge < -0.3 is 5.73 Å². The maximum absolute atomic E-state index is 13.0. The van der Waals surface area contributed by atoms with Crippen LogP contribution < -0.4 is 5.73 Å². The monoisotopic (exact) mass is 365 g/mol. The number of nitrogen functional groups attached to an aromatic ring is 1. The lowest BCUT2D eigenvalue weighted by Crippen LogP contribution is -2.16. The van der Waals surface area contributed by atoms with Crippen molar-refractivity contribution in [2.75, 3.05) is 5.73 Å². The molecule has 0 spiro atoms. The predicted molar refractivity (Wildman–Crippen MR) is 109 cm³/mol. The van der Waals surface area contributed by atoms with Crippen LogP contribution in [-0.4, -0.2) is 25.7 Å². The summed E-state index contributed by atoms with van der Waals surface area (Å²) >= 11 is 0. The molecule has 5 aromatic rings. The molecule has 0 fully saturated rings. The van der Waals surface area contributed by atoms with Gasteiger partial charge in [0.25, 0.3) is 5.91 Å². The van der Waals surface area contributed by atoms with E-state index in [-0.39, 0.29) is 11.9 Å². The van der Waals surface area contributed by atoms with Crippen LogP contribution in [0.5, 0.6) is 0 Å². The van der Waals surface area contributed by atoms with Gasteiger partial charge in [-0.1, -0.05) is 54.6 Å². The minimum atomic E-state index is -0.331. The molecule has 2 aromatic heterocycles. The summed E-state index contributed by atoms with van der Waals surface area (Å²) in [7, 11) is 0. The van der Waals surface area contributed by atoms with Crippen molar-refractivity contribution >= 4 is 33.4 Å². The van der Waals surface area contributed by atoms with E-state index in [2.05, 4.69) is 15.1 Å². The van der Waals surface area contributed by atoms with Crippen molar-refractivity contribution in [2.24, 2.45) is 0 Å². The zero-order valence-electron chi connectivity index (χ0n) is 14.8. The number of nitrogens with zero attached hydrogens (tertiary/aromatic N) is 4. The summed E-state index contributed by atoms with van der Waals surface area (Å²) in [5.41, 5.74) is 7.10. The van der Waals surface area contributed by atoms with Crippen LogP contribution in [0, 0.1) is 0 Å². The van der Waals surface area contributed by atoms with Gasteiger partial charge in [-0.3, -0.25) is 9.78 Å². The molecule has 0 amide bonds. The molecule has 2 heterocycles. The molecular formula is C22H15N5O. The number of pyridine rings is 1. The van der Waals surface area contributed by atoms with E-state index in [1.54, 1.807) is 12.3 Å². The van der Waals surface area contributed by atoms with E-state index in [4.69, 9.17) is 5.73 Å². The average molecular weight is 365 g/mol. The molecule has 0 atom stereocenters. The summed E-state index contributed by atoms with van der Waals surface area (Å²) in [5.74, 6) is 0.0218. The minimum Gasteiger partial charge on any atom is -0.368 e. The van der Waals surface area contributed by atoms with Gasteiger partial charge in [-0.25, -0.2) is 0 Å². The van der Waals surface area contributed by atoms with Gasteiger partial charge in [0.1, 0.15) is 5.69 Å². The Labute approximate surface area is 160 Å². The second kappa shape index (κ2) is 6.28. The Bertz CT molecular complexity index is 1350. The van der Waals surface area contributed by atoms with E-state index < -0.39 is 0 Å². The second-order valence-electron chi connectivity index (χ2n) is 6.45. The van der Waals surface area contributed by atoms with Crippen molar-refractivity contribution in [3.63, 3.8) is 0 Å². The molecule has 0 saturated heterocycles. The van der Waals surface area contributed by atoms with Crippen LogP contribution in [-0.2, 0) is 0 Å². The molecular weight excluding hydrogens is 350 g/mol. The summed E-state index contributed by atoms with van der Waals surface area (Å²) in [6.45, 7) is 0. The lowest BCUT2D eigenvalue weighted by atomic mass is 10.1. The third-order valence-electron chi connectivity index (χ3n) is 4.71. The van der Waals surface area contributed by atoms with Crippen molar-refractivity contribution in [1.29, 1.82) is 0 Å². The highest BCUT2D eigenvalue weighted by Crippen LogP contribution is 2.25. The van der Waals surface area contributed by atoms with Crippen LogP contribution in [0.2, 0.25) is 0 Å². The number of rotatable bonds is 2. The maximum Gasteiger partial charge on any atom is 0.281 e. The summed E-state index contributed by atoms with van der Waals surface area (Å²) in [6.07, 6.45) is 1.69. The van der Waals surface area contributed by atoms with Gasteiger partial charge >= 0.3 is 0 Å². The van der Waals surface area contributed by atoms with Crippen LogP contribution in [0.1, 0.15) is 10.4 Å². The highest BCUT2D eigenvalue weighted by atomic mass is 16.2. The van der Waals surface area contributed by atoms with Crippen molar-refractivity contribution < 1.29 is 4.79 Å². The Hall–Kier alpha value is -4.06. The number of anilines is 1. The number of carbonyl (C=O) groups is 1. The van der Waals surface area contributed by atoms with Gasteiger partial charge in [0, 0.05) is 17.1 Å². The fourth-order valence-electron chi connectivity index (χ4n) is 3.32. The molecule has 0 saturated carbocycles. The molecule has 0 aliphatic heterocycles. The molecule has 28 heavy (non-hydrogen) atoms. The van der Waals surface area contributed by atoms with Crippen molar-refractivity contribution in [1.82, 2.24) is 19.7 Å². The first-order valence-corrected chi connectivity index (χ1v) is 8.81. The lowest BCUT2D eigenvalue weighted by molar-refractivity contribution is 0.0948. The van der Waals surface area contributed by atoms with E-state index in [0.29, 0.717) is 17.1 Å². The molecule has 6 nitrogen and oxygen atoms in total. The van der Waals surface area contributed by atoms with Crippen LogP contribution >= 0.6 is 0 Å². The van der Waals surface area contributed by atoms with E-state index in [0.717, 1.165) is 26.2 Å². The zero-order valence-corrected chi connectivity index (χ0v) is 14.8. The second-order valence-corrected chi connectivity index (χ2v) is 6.45. The molecule has 0 aliphatic carbocycles. The smallest absolute Gasteiger partial charge is 0.281 e. The van der Waals surface area contributed by atoms with E-state index in [1.165, 1.54) is 0 Å². The fraction of sp³-hybridized carbons (Fsp3) is 0. The first kappa shape index (κ1) is 16.1. The van der Waals surface area contributed by atoms with Gasteiger partial charge in [0.2, 0.25) is 11.8 Å². The van der Waals surface area contributed by atoms with Crippen LogP contribution in [0.15, 0.2) is 79.0 Å². The van der Waals surface area contributed by atoms with E-state index in [9.17, 15) is 4.79 Å². The topological polar surface area (TPSA) is 86.7 Å². The molecule has 3 aromatic carbocycles. The van der Waals surface area contributed by atoms with Gasteiger partial charge in [-0.15, -0.1) is 5.10 Å². The summed E-state index contributed by atoms with van der Waals surface area (Å²) < 4.78 is 1.13. The number of hydrogen-bond donors (Lipinski definition) is 1. The molecule has 0 aliphatic rings. The minimum absolute atomic E-state index is 0.0305. The first-order chi connectivity index (χ1) is 13.7. The highest BCUT2D eigenvalue weighted by molar-refractivity contribution is 6.01. The average Bonchev–Trinajstić information content (AvgIpc) is 3.13. The van der Waals surface area contributed by atoms with E-state index in [1.807, 2.05) is 66.7 Å². The van der Waals surface area contributed by atoms with Crippen LogP contribution in [0.4, 0.5) is 5.95 Å². The van der Waals surface area contributed by atoms with Gasteiger partial charge in [0.05, 0.1) is 0 Å². The molecule has 6 heteroatoms. The van der Waals surface area contributed by atoms with Gasteiger partial charge in [0.15, 0.2) is 0 Å².